The van der Waals surface area contributed by atoms with E-state index in [1.807, 2.05) is 39.0 Å². The summed E-state index contributed by atoms with van der Waals surface area (Å²) in [6.07, 6.45) is 0. The highest BCUT2D eigenvalue weighted by atomic mass is 16.2. The van der Waals surface area contributed by atoms with E-state index in [0.717, 1.165) is 0 Å². The zero-order valence-corrected chi connectivity index (χ0v) is 10.6. The lowest BCUT2D eigenvalue weighted by atomic mass is 9.95. The van der Waals surface area contributed by atoms with E-state index >= 15 is 0 Å². The Balaban J connectivity index is 2.48. The van der Waals surface area contributed by atoms with Crippen LogP contribution in [0.4, 0.5) is 0 Å². The Morgan fingerprint density at radius 1 is 1.25 bits per heavy atom. The SMILES string of the molecule is C[C@H](CNC(=O)C(C)(C)C)c1ccccc1. The van der Waals surface area contributed by atoms with Crippen molar-refractivity contribution in [3.63, 3.8) is 0 Å². The van der Waals surface area contributed by atoms with Gasteiger partial charge in [0.25, 0.3) is 0 Å². The third-order valence-electron chi connectivity index (χ3n) is 2.62. The molecule has 0 saturated carbocycles. The van der Waals surface area contributed by atoms with E-state index in [4.69, 9.17) is 0 Å². The summed E-state index contributed by atoms with van der Waals surface area (Å²) in [5.41, 5.74) is 0.952. The van der Waals surface area contributed by atoms with E-state index in [0.29, 0.717) is 12.5 Å². The van der Waals surface area contributed by atoms with Gasteiger partial charge in [0, 0.05) is 12.0 Å². The Labute approximate surface area is 98.1 Å². The molecule has 1 atom stereocenters. The summed E-state index contributed by atoms with van der Waals surface area (Å²) in [5.74, 6) is 0.461. The molecule has 1 N–H and O–H groups in total. The first kappa shape index (κ1) is 12.8. The molecule has 0 saturated heterocycles. The number of nitrogens with one attached hydrogen (secondary N) is 1. The van der Waals surface area contributed by atoms with Gasteiger partial charge in [-0.2, -0.15) is 0 Å². The van der Waals surface area contributed by atoms with Crippen molar-refractivity contribution in [2.24, 2.45) is 5.41 Å². The Morgan fingerprint density at radius 3 is 2.31 bits per heavy atom. The fourth-order valence-corrected chi connectivity index (χ4v) is 1.41. The number of hydrogen-bond acceptors (Lipinski definition) is 1. The summed E-state index contributed by atoms with van der Waals surface area (Å²) < 4.78 is 0. The molecular weight excluding hydrogens is 198 g/mol. The van der Waals surface area contributed by atoms with Gasteiger partial charge < -0.3 is 5.32 Å². The van der Waals surface area contributed by atoms with Crippen LogP contribution in [0.2, 0.25) is 0 Å². The smallest absolute Gasteiger partial charge is 0.225 e. The topological polar surface area (TPSA) is 29.1 Å². The largest absolute Gasteiger partial charge is 0.355 e. The minimum Gasteiger partial charge on any atom is -0.355 e. The summed E-state index contributed by atoms with van der Waals surface area (Å²) in [5, 5.41) is 2.98. The zero-order valence-electron chi connectivity index (χ0n) is 10.6. The monoisotopic (exact) mass is 219 g/mol. The molecule has 2 heteroatoms. The maximum absolute atomic E-state index is 11.7. The Hall–Kier alpha value is -1.31. The van der Waals surface area contributed by atoms with Crippen molar-refractivity contribution in [1.29, 1.82) is 0 Å². The Morgan fingerprint density at radius 2 is 1.81 bits per heavy atom. The van der Waals surface area contributed by atoms with Crippen LogP contribution in [0.25, 0.3) is 0 Å². The number of rotatable bonds is 3. The van der Waals surface area contributed by atoms with Crippen LogP contribution in [0, 0.1) is 5.41 Å². The quantitative estimate of drug-likeness (QED) is 0.832. The van der Waals surface area contributed by atoms with Gasteiger partial charge in [-0.1, -0.05) is 58.0 Å². The molecule has 0 bridgehead atoms. The number of carbonyl (C=O) groups is 1. The molecule has 0 heterocycles. The first-order valence-corrected chi connectivity index (χ1v) is 5.74. The lowest BCUT2D eigenvalue weighted by Gasteiger charge is -2.20. The highest BCUT2D eigenvalue weighted by molar-refractivity contribution is 5.81. The first-order chi connectivity index (χ1) is 7.41. The molecule has 88 valence electrons. The van der Waals surface area contributed by atoms with Crippen molar-refractivity contribution >= 4 is 5.91 Å². The molecule has 1 aromatic carbocycles. The average Bonchev–Trinajstić information content (AvgIpc) is 2.25. The third-order valence-corrected chi connectivity index (χ3v) is 2.62. The lowest BCUT2D eigenvalue weighted by molar-refractivity contribution is -0.128. The van der Waals surface area contributed by atoms with Gasteiger partial charge in [0.05, 0.1) is 0 Å². The van der Waals surface area contributed by atoms with Crippen LogP contribution in [0.15, 0.2) is 30.3 Å². The van der Waals surface area contributed by atoms with E-state index in [9.17, 15) is 4.79 Å². The zero-order chi connectivity index (χ0) is 12.2. The van der Waals surface area contributed by atoms with Crippen LogP contribution in [-0.4, -0.2) is 12.5 Å². The summed E-state index contributed by atoms with van der Waals surface area (Å²) in [4.78, 5) is 11.7. The maximum Gasteiger partial charge on any atom is 0.225 e. The van der Waals surface area contributed by atoms with E-state index in [-0.39, 0.29) is 11.3 Å². The normalized spacial score (nSPS) is 13.2. The number of benzene rings is 1. The maximum atomic E-state index is 11.7. The fraction of sp³-hybridized carbons (Fsp3) is 0.500. The van der Waals surface area contributed by atoms with Crippen molar-refractivity contribution < 1.29 is 4.79 Å². The van der Waals surface area contributed by atoms with Crippen molar-refractivity contribution in [3.8, 4) is 0 Å². The van der Waals surface area contributed by atoms with Crippen molar-refractivity contribution in [3.05, 3.63) is 35.9 Å². The predicted octanol–water partition coefficient (Wildman–Crippen LogP) is 2.95. The van der Waals surface area contributed by atoms with Crippen molar-refractivity contribution in [1.82, 2.24) is 5.32 Å². The van der Waals surface area contributed by atoms with Gasteiger partial charge in [-0.25, -0.2) is 0 Å². The van der Waals surface area contributed by atoms with E-state index < -0.39 is 0 Å². The van der Waals surface area contributed by atoms with Gasteiger partial charge in [0.1, 0.15) is 0 Å². The van der Waals surface area contributed by atoms with Crippen LogP contribution in [0.1, 0.15) is 39.2 Å². The number of hydrogen-bond donors (Lipinski definition) is 1. The molecule has 0 spiro atoms. The molecular formula is C14H21NO. The summed E-state index contributed by atoms with van der Waals surface area (Å²) in [6.45, 7) is 8.60. The second-order valence-corrected chi connectivity index (χ2v) is 5.27. The molecule has 0 aromatic heterocycles. The first-order valence-electron chi connectivity index (χ1n) is 5.74. The molecule has 0 aliphatic rings. The highest BCUT2D eigenvalue weighted by Gasteiger charge is 2.21. The lowest BCUT2D eigenvalue weighted by Crippen LogP contribution is -2.36. The van der Waals surface area contributed by atoms with Crippen LogP contribution in [-0.2, 0) is 4.79 Å². The average molecular weight is 219 g/mol. The van der Waals surface area contributed by atoms with Gasteiger partial charge in [-0.3, -0.25) is 4.79 Å². The molecule has 0 aliphatic carbocycles. The predicted molar refractivity (Wildman–Crippen MR) is 67.3 cm³/mol. The van der Waals surface area contributed by atoms with Crippen LogP contribution in [0.5, 0.6) is 0 Å². The molecule has 1 amide bonds. The molecule has 1 aromatic rings. The van der Waals surface area contributed by atoms with Crippen molar-refractivity contribution in [2.45, 2.75) is 33.6 Å². The van der Waals surface area contributed by atoms with Crippen molar-refractivity contribution in [2.75, 3.05) is 6.54 Å². The molecule has 2 nitrogen and oxygen atoms in total. The Kier molecular flexibility index (Phi) is 4.11. The molecule has 0 aliphatic heterocycles. The van der Waals surface area contributed by atoms with Gasteiger partial charge in [-0.05, 0) is 11.5 Å². The Bertz CT molecular complexity index is 338. The van der Waals surface area contributed by atoms with Crippen LogP contribution >= 0.6 is 0 Å². The molecule has 16 heavy (non-hydrogen) atoms. The minimum atomic E-state index is -0.309. The minimum absolute atomic E-state index is 0.107. The van der Waals surface area contributed by atoms with Crippen LogP contribution < -0.4 is 5.32 Å². The van der Waals surface area contributed by atoms with E-state index in [2.05, 4.69) is 24.4 Å². The van der Waals surface area contributed by atoms with Crippen LogP contribution in [0.3, 0.4) is 0 Å². The molecule has 1 rings (SSSR count). The van der Waals surface area contributed by atoms with Gasteiger partial charge in [-0.15, -0.1) is 0 Å². The molecule has 0 fully saturated rings. The second-order valence-electron chi connectivity index (χ2n) is 5.27. The number of amides is 1. The van der Waals surface area contributed by atoms with Gasteiger partial charge in [0.2, 0.25) is 5.91 Å². The molecule has 0 radical (unpaired) electrons. The standard InChI is InChI=1S/C14H21NO/c1-11(12-8-6-5-7-9-12)10-15-13(16)14(2,3)4/h5-9,11H,10H2,1-4H3,(H,15,16)/t11-/m1/s1. The summed E-state index contributed by atoms with van der Waals surface area (Å²) in [7, 11) is 0. The van der Waals surface area contributed by atoms with E-state index in [1.54, 1.807) is 0 Å². The fourth-order valence-electron chi connectivity index (χ4n) is 1.41. The van der Waals surface area contributed by atoms with Gasteiger partial charge >= 0.3 is 0 Å². The second kappa shape index (κ2) is 5.15. The van der Waals surface area contributed by atoms with Gasteiger partial charge in [0.15, 0.2) is 0 Å². The summed E-state index contributed by atoms with van der Waals surface area (Å²) >= 11 is 0. The number of carbonyl (C=O) groups excluding carboxylic acids is 1. The highest BCUT2D eigenvalue weighted by Crippen LogP contribution is 2.16. The summed E-state index contributed by atoms with van der Waals surface area (Å²) in [6, 6.07) is 10.2. The third kappa shape index (κ3) is 3.69. The van der Waals surface area contributed by atoms with E-state index in [1.165, 1.54) is 5.56 Å². The molecule has 0 unspecified atom stereocenters.